The molecule has 104 valence electrons. The van der Waals surface area contributed by atoms with Crippen LogP contribution in [-0.2, 0) is 0 Å². The zero-order valence-electron chi connectivity index (χ0n) is 11.8. The average Bonchev–Trinajstić information content (AvgIpc) is 2.55. The van der Waals surface area contributed by atoms with Crippen molar-refractivity contribution >= 4 is 11.4 Å². The number of hydrogen-bond donors (Lipinski definition) is 1. The molecule has 0 aromatic heterocycles. The maximum atomic E-state index is 3.65. The molecule has 20 heavy (non-hydrogen) atoms. The monoisotopic (exact) mass is 266 g/mol. The topological polar surface area (TPSA) is 15.3 Å². The van der Waals surface area contributed by atoms with Crippen LogP contribution in [-0.4, -0.2) is 19.1 Å². The van der Waals surface area contributed by atoms with Crippen molar-refractivity contribution in [3.05, 3.63) is 60.7 Å². The first-order valence-corrected chi connectivity index (χ1v) is 7.54. The van der Waals surface area contributed by atoms with Gasteiger partial charge in [0.1, 0.15) is 0 Å². The van der Waals surface area contributed by atoms with Crippen LogP contribution < -0.4 is 10.2 Å². The van der Waals surface area contributed by atoms with Gasteiger partial charge >= 0.3 is 0 Å². The van der Waals surface area contributed by atoms with Crippen molar-refractivity contribution in [2.45, 2.75) is 25.3 Å². The third kappa shape index (κ3) is 3.20. The van der Waals surface area contributed by atoms with Gasteiger partial charge in [0, 0.05) is 24.0 Å². The van der Waals surface area contributed by atoms with E-state index in [1.165, 1.54) is 30.6 Å². The maximum absolute atomic E-state index is 3.65. The molecular formula is C18H22N2. The summed E-state index contributed by atoms with van der Waals surface area (Å²) in [6.07, 6.45) is 3.93. The lowest BCUT2D eigenvalue weighted by molar-refractivity contribution is 0.406. The fourth-order valence-corrected chi connectivity index (χ4v) is 2.88. The average molecular weight is 266 g/mol. The van der Waals surface area contributed by atoms with E-state index in [9.17, 15) is 0 Å². The summed E-state index contributed by atoms with van der Waals surface area (Å²) in [5.74, 6) is 0. The Hall–Kier alpha value is -1.80. The molecule has 0 radical (unpaired) electrons. The number of rotatable bonds is 4. The van der Waals surface area contributed by atoms with Gasteiger partial charge in [-0.2, -0.15) is 0 Å². The number of benzene rings is 2. The summed E-state index contributed by atoms with van der Waals surface area (Å²) in [6.45, 7) is 2.19. The molecule has 0 bridgehead atoms. The van der Waals surface area contributed by atoms with Crippen molar-refractivity contribution in [2.24, 2.45) is 0 Å². The molecule has 1 saturated heterocycles. The molecule has 1 heterocycles. The van der Waals surface area contributed by atoms with Crippen LogP contribution in [0.15, 0.2) is 60.7 Å². The van der Waals surface area contributed by atoms with E-state index < -0.39 is 0 Å². The van der Waals surface area contributed by atoms with Gasteiger partial charge in [0.25, 0.3) is 0 Å². The van der Waals surface area contributed by atoms with Crippen LogP contribution in [0.2, 0.25) is 0 Å². The van der Waals surface area contributed by atoms with Crippen molar-refractivity contribution in [3.8, 4) is 0 Å². The molecule has 3 rings (SSSR count). The molecule has 1 aliphatic heterocycles. The van der Waals surface area contributed by atoms with Crippen LogP contribution in [0.3, 0.4) is 0 Å². The molecule has 1 unspecified atom stereocenters. The quantitative estimate of drug-likeness (QED) is 0.901. The van der Waals surface area contributed by atoms with Crippen molar-refractivity contribution in [1.29, 1.82) is 0 Å². The second kappa shape index (κ2) is 6.58. The predicted octanol–water partition coefficient (Wildman–Crippen LogP) is 3.97. The van der Waals surface area contributed by atoms with Crippen molar-refractivity contribution in [2.75, 3.05) is 18.0 Å². The SMILES string of the molecule is c1ccc(N(CC2CCCCN2)c2ccccc2)cc1. The molecule has 0 spiro atoms. The lowest BCUT2D eigenvalue weighted by Gasteiger charge is -2.32. The summed E-state index contributed by atoms with van der Waals surface area (Å²) in [4.78, 5) is 2.42. The largest absolute Gasteiger partial charge is 0.340 e. The summed E-state index contributed by atoms with van der Waals surface area (Å²) in [7, 11) is 0. The minimum Gasteiger partial charge on any atom is -0.340 e. The molecule has 1 atom stereocenters. The van der Waals surface area contributed by atoms with E-state index >= 15 is 0 Å². The molecule has 2 aromatic carbocycles. The third-order valence-electron chi connectivity index (χ3n) is 3.95. The van der Waals surface area contributed by atoms with E-state index in [2.05, 4.69) is 70.9 Å². The van der Waals surface area contributed by atoms with E-state index in [1.807, 2.05) is 0 Å². The number of nitrogens with one attached hydrogen (secondary N) is 1. The van der Waals surface area contributed by atoms with Crippen molar-refractivity contribution in [1.82, 2.24) is 5.32 Å². The van der Waals surface area contributed by atoms with Crippen LogP contribution in [0.4, 0.5) is 11.4 Å². The molecule has 2 aromatic rings. The number of hydrogen-bond acceptors (Lipinski definition) is 2. The molecule has 0 saturated carbocycles. The minimum atomic E-state index is 0.587. The number of anilines is 2. The molecule has 2 heteroatoms. The molecule has 0 aliphatic carbocycles. The molecule has 1 aliphatic rings. The molecule has 0 amide bonds. The highest BCUT2D eigenvalue weighted by atomic mass is 15.2. The van der Waals surface area contributed by atoms with E-state index in [0.29, 0.717) is 6.04 Å². The molecule has 1 fully saturated rings. The Bertz CT molecular complexity index is 464. The number of piperidine rings is 1. The molecule has 2 nitrogen and oxygen atoms in total. The van der Waals surface area contributed by atoms with Crippen LogP contribution >= 0.6 is 0 Å². The summed E-state index contributed by atoms with van der Waals surface area (Å²) in [5, 5.41) is 3.65. The standard InChI is InChI=1S/C18H22N2/c1-3-10-17(11-4-1)20(18-12-5-2-6-13-18)15-16-9-7-8-14-19-16/h1-6,10-13,16,19H,7-9,14-15H2. The second-order valence-corrected chi connectivity index (χ2v) is 5.43. The fourth-order valence-electron chi connectivity index (χ4n) is 2.88. The number of nitrogens with zero attached hydrogens (tertiary/aromatic N) is 1. The zero-order chi connectivity index (χ0) is 13.6. The van der Waals surface area contributed by atoms with Crippen LogP contribution in [0, 0.1) is 0 Å². The Balaban J connectivity index is 1.83. The van der Waals surface area contributed by atoms with E-state index in [4.69, 9.17) is 0 Å². The zero-order valence-corrected chi connectivity index (χ0v) is 11.8. The maximum Gasteiger partial charge on any atom is 0.0411 e. The highest BCUT2D eigenvalue weighted by molar-refractivity contribution is 5.63. The van der Waals surface area contributed by atoms with Crippen molar-refractivity contribution < 1.29 is 0 Å². The number of para-hydroxylation sites is 2. The highest BCUT2D eigenvalue weighted by Gasteiger charge is 2.18. The summed E-state index contributed by atoms with van der Waals surface area (Å²) < 4.78 is 0. The second-order valence-electron chi connectivity index (χ2n) is 5.43. The van der Waals surface area contributed by atoms with Gasteiger partial charge in [-0.1, -0.05) is 42.8 Å². The third-order valence-corrected chi connectivity index (χ3v) is 3.95. The Morgan fingerprint density at radius 3 is 1.95 bits per heavy atom. The van der Waals surface area contributed by atoms with Gasteiger partial charge in [0.15, 0.2) is 0 Å². The van der Waals surface area contributed by atoms with Crippen LogP contribution in [0.1, 0.15) is 19.3 Å². The van der Waals surface area contributed by atoms with E-state index in [1.54, 1.807) is 0 Å². The smallest absolute Gasteiger partial charge is 0.0411 e. The molecule has 1 N–H and O–H groups in total. The normalized spacial score (nSPS) is 18.7. The van der Waals surface area contributed by atoms with Crippen molar-refractivity contribution in [3.63, 3.8) is 0 Å². The first-order chi connectivity index (χ1) is 9.93. The van der Waals surface area contributed by atoms with Crippen LogP contribution in [0.25, 0.3) is 0 Å². The fraction of sp³-hybridized carbons (Fsp3) is 0.333. The first kappa shape index (κ1) is 13.2. The molecular weight excluding hydrogens is 244 g/mol. The van der Waals surface area contributed by atoms with Gasteiger partial charge < -0.3 is 10.2 Å². The minimum absolute atomic E-state index is 0.587. The van der Waals surface area contributed by atoms with Gasteiger partial charge in [-0.05, 0) is 43.7 Å². The Labute approximate surface area is 121 Å². The first-order valence-electron chi connectivity index (χ1n) is 7.54. The van der Waals surface area contributed by atoms with E-state index in [-0.39, 0.29) is 0 Å². The Morgan fingerprint density at radius 1 is 0.850 bits per heavy atom. The highest BCUT2D eigenvalue weighted by Crippen LogP contribution is 2.26. The van der Waals surface area contributed by atoms with Crippen LogP contribution in [0.5, 0.6) is 0 Å². The van der Waals surface area contributed by atoms with Gasteiger partial charge in [-0.25, -0.2) is 0 Å². The summed E-state index contributed by atoms with van der Waals surface area (Å²) in [6, 6.07) is 21.9. The van der Waals surface area contributed by atoms with E-state index in [0.717, 1.165) is 13.1 Å². The van der Waals surface area contributed by atoms with Gasteiger partial charge in [-0.3, -0.25) is 0 Å². The Kier molecular flexibility index (Phi) is 4.34. The summed E-state index contributed by atoms with van der Waals surface area (Å²) >= 11 is 0. The predicted molar refractivity (Wildman–Crippen MR) is 85.5 cm³/mol. The van der Waals surface area contributed by atoms with Gasteiger partial charge in [-0.15, -0.1) is 0 Å². The lowest BCUT2D eigenvalue weighted by atomic mass is 10.0. The van der Waals surface area contributed by atoms with Gasteiger partial charge in [0.2, 0.25) is 0 Å². The lowest BCUT2D eigenvalue weighted by Crippen LogP contribution is -2.42. The van der Waals surface area contributed by atoms with Gasteiger partial charge in [0.05, 0.1) is 0 Å². The Morgan fingerprint density at radius 2 is 1.45 bits per heavy atom. The summed E-state index contributed by atoms with van der Waals surface area (Å²) in [5.41, 5.74) is 2.54.